The van der Waals surface area contributed by atoms with Crippen molar-refractivity contribution in [1.29, 1.82) is 0 Å². The highest BCUT2D eigenvalue weighted by Gasteiger charge is 2.17. The first-order valence-corrected chi connectivity index (χ1v) is 13.4. The zero-order valence-electron chi connectivity index (χ0n) is 19.3. The molecule has 2 aromatic heterocycles. The molecule has 0 aliphatic rings. The molecule has 1 atom stereocenters. The molecule has 4 aromatic rings. The van der Waals surface area contributed by atoms with E-state index in [1.165, 1.54) is 42.6 Å². The van der Waals surface area contributed by atoms with Crippen LogP contribution in [0, 0.1) is 9.77 Å². The van der Waals surface area contributed by atoms with E-state index in [2.05, 4.69) is 20.6 Å². The Kier molecular flexibility index (Phi) is 8.65. The molecule has 1 amide bonds. The van der Waals surface area contributed by atoms with Crippen LogP contribution in [0.4, 0.5) is 21.6 Å². The lowest BCUT2D eigenvalue weighted by Gasteiger charge is -2.12. The maximum Gasteiger partial charge on any atom is 0.318 e. The Hall–Kier alpha value is -2.77. The van der Waals surface area contributed by atoms with Gasteiger partial charge in [0.25, 0.3) is 0 Å². The number of hydrogen-bond donors (Lipinski definition) is 2. The quantitative estimate of drug-likeness (QED) is 0.100. The number of halogens is 3. The maximum atomic E-state index is 14.4. The van der Waals surface area contributed by atoms with Crippen LogP contribution < -0.4 is 10.6 Å². The molecule has 0 fully saturated rings. The van der Waals surface area contributed by atoms with Gasteiger partial charge in [0, 0.05) is 17.3 Å². The van der Waals surface area contributed by atoms with Gasteiger partial charge in [-0.2, -0.15) is 0 Å². The van der Waals surface area contributed by atoms with Gasteiger partial charge in [-0.05, 0) is 49.5 Å². The molecule has 0 saturated heterocycles. The molecule has 1 unspecified atom stereocenters. The molecule has 2 N–H and O–H groups in total. The number of methoxy groups -OCH3 is 1. The molecule has 0 saturated carbocycles. The molecule has 0 radical (unpaired) electrons. The second kappa shape index (κ2) is 11.7. The minimum absolute atomic E-state index is 0.0224. The van der Waals surface area contributed by atoms with Crippen LogP contribution in [0.5, 0.6) is 0 Å². The number of esters is 1. The average molecular weight is 599 g/mol. The van der Waals surface area contributed by atoms with Gasteiger partial charge >= 0.3 is 5.97 Å². The summed E-state index contributed by atoms with van der Waals surface area (Å²) in [5, 5.41) is 6.16. The number of ether oxygens (including phenoxy) is 1. The van der Waals surface area contributed by atoms with Crippen molar-refractivity contribution in [2.24, 2.45) is 0 Å². The molecular formula is C23H18Cl2FN5O3S3. The van der Waals surface area contributed by atoms with Gasteiger partial charge in [0.1, 0.15) is 29.8 Å². The van der Waals surface area contributed by atoms with Crippen molar-refractivity contribution in [3.63, 3.8) is 0 Å². The summed E-state index contributed by atoms with van der Waals surface area (Å²) < 4.78 is 22.1. The van der Waals surface area contributed by atoms with Gasteiger partial charge in [0.2, 0.25) is 5.91 Å². The Morgan fingerprint density at radius 1 is 1.24 bits per heavy atom. The third kappa shape index (κ3) is 6.57. The molecule has 2 heterocycles. The van der Waals surface area contributed by atoms with Crippen LogP contribution in [0.2, 0.25) is 10.0 Å². The highest BCUT2D eigenvalue weighted by molar-refractivity contribution is 8.02. The van der Waals surface area contributed by atoms with Crippen LogP contribution >= 0.6 is 58.5 Å². The normalized spacial score (nSPS) is 11.8. The second-order valence-electron chi connectivity index (χ2n) is 7.60. The molecule has 14 heteroatoms. The van der Waals surface area contributed by atoms with Crippen molar-refractivity contribution >= 4 is 98.5 Å². The highest BCUT2D eigenvalue weighted by atomic mass is 35.5. The molecule has 0 aliphatic heterocycles. The van der Waals surface area contributed by atoms with Gasteiger partial charge in [-0.25, -0.2) is 14.4 Å². The second-order valence-corrected chi connectivity index (χ2v) is 11.7. The molecule has 8 nitrogen and oxygen atoms in total. The first kappa shape index (κ1) is 27.3. The number of carbonyl (C=O) groups is 2. The lowest BCUT2D eigenvalue weighted by atomic mass is 10.2. The first-order valence-electron chi connectivity index (χ1n) is 10.6. The zero-order chi connectivity index (χ0) is 26.7. The predicted molar refractivity (Wildman–Crippen MR) is 148 cm³/mol. The smallest absolute Gasteiger partial charge is 0.318 e. The molecule has 37 heavy (non-hydrogen) atoms. The number of rotatable bonds is 8. The highest BCUT2D eigenvalue weighted by Crippen LogP contribution is 2.32. The lowest BCUT2D eigenvalue weighted by Crippen LogP contribution is -2.18. The molecule has 0 spiro atoms. The molecule has 4 rings (SSSR count). The van der Waals surface area contributed by atoms with Crippen LogP contribution in [-0.4, -0.2) is 38.8 Å². The minimum Gasteiger partial charge on any atom is -0.468 e. The Bertz CT molecular complexity index is 1560. The summed E-state index contributed by atoms with van der Waals surface area (Å²) in [6.45, 7) is 1.71. The topological polar surface area (TPSA) is 98.1 Å². The third-order valence-corrected chi connectivity index (χ3v) is 8.35. The third-order valence-electron chi connectivity index (χ3n) is 5.01. The van der Waals surface area contributed by atoms with Gasteiger partial charge < -0.3 is 19.9 Å². The van der Waals surface area contributed by atoms with E-state index in [4.69, 9.17) is 40.2 Å². The summed E-state index contributed by atoms with van der Waals surface area (Å²) in [5.74, 6) is -0.936. The van der Waals surface area contributed by atoms with Gasteiger partial charge in [0.05, 0.1) is 32.6 Å². The van der Waals surface area contributed by atoms with Gasteiger partial charge in [-0.15, -0.1) is 0 Å². The van der Waals surface area contributed by atoms with Crippen LogP contribution in [0.3, 0.4) is 0 Å². The van der Waals surface area contributed by atoms with Crippen LogP contribution in [0.1, 0.15) is 6.92 Å². The van der Waals surface area contributed by atoms with Crippen molar-refractivity contribution < 1.29 is 18.7 Å². The van der Waals surface area contributed by atoms with Crippen LogP contribution in [0.25, 0.3) is 10.9 Å². The summed E-state index contributed by atoms with van der Waals surface area (Å²) in [6, 6.07) is 7.56. The van der Waals surface area contributed by atoms with Crippen molar-refractivity contribution in [2.75, 3.05) is 17.7 Å². The maximum absolute atomic E-state index is 14.4. The number of nitrogens with one attached hydrogen (secondary N) is 2. The zero-order valence-corrected chi connectivity index (χ0v) is 23.2. The SMILES string of the molecule is COC(=O)C(C)Sc1cn(CC(=O)Nc2ccc3ncnc(Nc4cc(Cl)c(Cl)cc4F)c3c2)c(=S)s1. The summed E-state index contributed by atoms with van der Waals surface area (Å²) >= 11 is 19.9. The number of aromatic nitrogens is 3. The Morgan fingerprint density at radius 2 is 2.00 bits per heavy atom. The number of thiazole rings is 1. The fourth-order valence-electron chi connectivity index (χ4n) is 3.24. The molecule has 0 aliphatic carbocycles. The molecule has 2 aromatic carbocycles. The van der Waals surface area contributed by atoms with E-state index in [1.54, 1.807) is 35.9 Å². The lowest BCUT2D eigenvalue weighted by molar-refractivity contribution is -0.139. The number of nitrogens with zero attached hydrogens (tertiary/aromatic N) is 3. The summed E-state index contributed by atoms with van der Waals surface area (Å²) in [6.07, 6.45) is 3.08. The summed E-state index contributed by atoms with van der Waals surface area (Å²) in [5.41, 5.74) is 1.16. The number of amides is 1. The van der Waals surface area contributed by atoms with Gasteiger partial charge in [-0.1, -0.05) is 46.3 Å². The fourth-order valence-corrected chi connectivity index (χ4v) is 6.28. The van der Waals surface area contributed by atoms with Crippen LogP contribution in [-0.2, 0) is 20.9 Å². The number of benzene rings is 2. The van der Waals surface area contributed by atoms with E-state index in [0.29, 0.717) is 26.4 Å². The molecular weight excluding hydrogens is 580 g/mol. The van der Waals surface area contributed by atoms with Crippen LogP contribution in [0.15, 0.2) is 47.1 Å². The van der Waals surface area contributed by atoms with E-state index in [0.717, 1.165) is 10.3 Å². The Morgan fingerprint density at radius 3 is 2.76 bits per heavy atom. The van der Waals surface area contributed by atoms with E-state index >= 15 is 0 Å². The average Bonchev–Trinajstić information content (AvgIpc) is 3.20. The van der Waals surface area contributed by atoms with Crippen molar-refractivity contribution in [3.05, 3.63) is 62.7 Å². The van der Waals surface area contributed by atoms with Crippen molar-refractivity contribution in [1.82, 2.24) is 14.5 Å². The number of hydrogen-bond acceptors (Lipinski definition) is 9. The molecule has 0 bridgehead atoms. The minimum atomic E-state index is -0.600. The monoisotopic (exact) mass is 597 g/mol. The summed E-state index contributed by atoms with van der Waals surface area (Å²) in [4.78, 5) is 32.9. The fraction of sp³-hybridized carbons (Fsp3) is 0.174. The standard InChI is InChI=1S/C23H18Cl2FN5O3S3/c1-11(22(33)34-2)36-20-9-31(23(35)37-20)8-19(32)29-12-3-4-17-13(5-12)21(28-10-27-17)30-18-7-15(25)14(24)6-16(18)26/h3-7,9-11H,8H2,1-2H3,(H,29,32)(H,27,28,30). The molecule has 192 valence electrons. The van der Waals surface area contributed by atoms with Crippen molar-refractivity contribution in [2.45, 2.75) is 22.9 Å². The van der Waals surface area contributed by atoms with Gasteiger partial charge in [0.15, 0.2) is 3.95 Å². The summed E-state index contributed by atoms with van der Waals surface area (Å²) in [7, 11) is 1.33. The number of thioether (sulfide) groups is 1. The number of fused-ring (bicyclic) bond motifs is 1. The number of anilines is 3. The number of carbonyl (C=O) groups excluding carboxylic acids is 2. The first-order chi connectivity index (χ1) is 17.6. The van der Waals surface area contributed by atoms with Crippen molar-refractivity contribution in [3.8, 4) is 0 Å². The largest absolute Gasteiger partial charge is 0.468 e. The van der Waals surface area contributed by atoms with E-state index in [1.807, 2.05) is 0 Å². The van der Waals surface area contributed by atoms with E-state index in [-0.39, 0.29) is 34.2 Å². The predicted octanol–water partition coefficient (Wildman–Crippen LogP) is 6.70. The Labute approximate surface area is 234 Å². The Balaban J connectivity index is 1.51. The van der Waals surface area contributed by atoms with E-state index < -0.39 is 11.1 Å². The van der Waals surface area contributed by atoms with E-state index in [9.17, 15) is 14.0 Å². The van der Waals surface area contributed by atoms with Gasteiger partial charge in [-0.3, -0.25) is 9.59 Å².